The standard InChI is InChI=1S/C17H20FNO2/c1-12(19-2)15-8-5-9-16(18)17(15)21-11-13-6-4-7-14(10-13)20-3/h4-10,12,19H,11H2,1-3H3. The fourth-order valence-electron chi connectivity index (χ4n) is 2.09. The van der Waals surface area contributed by atoms with Gasteiger partial charge in [-0.2, -0.15) is 0 Å². The molecule has 0 amide bonds. The number of halogens is 1. The van der Waals surface area contributed by atoms with Crippen LogP contribution in [0, 0.1) is 5.82 Å². The van der Waals surface area contributed by atoms with Crippen molar-refractivity contribution in [2.24, 2.45) is 0 Å². The minimum atomic E-state index is -0.350. The van der Waals surface area contributed by atoms with E-state index >= 15 is 0 Å². The quantitative estimate of drug-likeness (QED) is 0.879. The first-order valence-electron chi connectivity index (χ1n) is 6.87. The van der Waals surface area contributed by atoms with E-state index in [1.54, 1.807) is 13.2 Å². The summed E-state index contributed by atoms with van der Waals surface area (Å²) in [5.74, 6) is 0.702. The first-order valence-corrected chi connectivity index (χ1v) is 6.87. The maximum Gasteiger partial charge on any atom is 0.165 e. The number of benzene rings is 2. The molecule has 0 spiro atoms. The summed E-state index contributed by atoms with van der Waals surface area (Å²) in [6, 6.07) is 12.5. The molecule has 3 nitrogen and oxygen atoms in total. The largest absolute Gasteiger partial charge is 0.497 e. The Balaban J connectivity index is 2.19. The average Bonchev–Trinajstić information content (AvgIpc) is 2.53. The van der Waals surface area contributed by atoms with E-state index < -0.39 is 0 Å². The Labute approximate surface area is 124 Å². The Morgan fingerprint density at radius 1 is 1.19 bits per heavy atom. The van der Waals surface area contributed by atoms with E-state index in [2.05, 4.69) is 5.32 Å². The fraction of sp³-hybridized carbons (Fsp3) is 0.294. The van der Waals surface area contributed by atoms with Crippen LogP contribution in [0.1, 0.15) is 24.1 Å². The highest BCUT2D eigenvalue weighted by Crippen LogP contribution is 2.29. The summed E-state index contributed by atoms with van der Waals surface area (Å²) in [6.07, 6.45) is 0. The van der Waals surface area contributed by atoms with Gasteiger partial charge in [0.25, 0.3) is 0 Å². The second-order valence-electron chi connectivity index (χ2n) is 4.81. The smallest absolute Gasteiger partial charge is 0.165 e. The van der Waals surface area contributed by atoms with Crippen LogP contribution in [0.4, 0.5) is 4.39 Å². The molecular weight excluding hydrogens is 269 g/mol. The van der Waals surface area contributed by atoms with Crippen molar-refractivity contribution >= 4 is 0 Å². The van der Waals surface area contributed by atoms with Crippen molar-refractivity contribution in [3.63, 3.8) is 0 Å². The van der Waals surface area contributed by atoms with Crippen molar-refractivity contribution in [2.75, 3.05) is 14.2 Å². The van der Waals surface area contributed by atoms with Gasteiger partial charge < -0.3 is 14.8 Å². The molecule has 1 atom stereocenters. The number of hydrogen-bond acceptors (Lipinski definition) is 3. The fourth-order valence-corrected chi connectivity index (χ4v) is 2.09. The number of nitrogens with one attached hydrogen (secondary N) is 1. The zero-order valence-corrected chi connectivity index (χ0v) is 12.5. The summed E-state index contributed by atoms with van der Waals surface area (Å²) in [5, 5.41) is 3.10. The maximum atomic E-state index is 14.0. The zero-order chi connectivity index (χ0) is 15.2. The van der Waals surface area contributed by atoms with Gasteiger partial charge >= 0.3 is 0 Å². The van der Waals surface area contributed by atoms with Crippen LogP contribution in [0.5, 0.6) is 11.5 Å². The van der Waals surface area contributed by atoms with E-state index in [4.69, 9.17) is 9.47 Å². The molecule has 0 aliphatic rings. The summed E-state index contributed by atoms with van der Waals surface area (Å²) < 4.78 is 24.9. The van der Waals surface area contributed by atoms with Crippen molar-refractivity contribution in [3.8, 4) is 11.5 Å². The first kappa shape index (κ1) is 15.3. The third-order valence-electron chi connectivity index (χ3n) is 3.41. The second kappa shape index (κ2) is 7.09. The van der Waals surface area contributed by atoms with Gasteiger partial charge in [0.05, 0.1) is 7.11 Å². The minimum Gasteiger partial charge on any atom is -0.497 e. The van der Waals surface area contributed by atoms with E-state index in [0.29, 0.717) is 12.4 Å². The molecule has 0 aliphatic carbocycles. The highest BCUT2D eigenvalue weighted by atomic mass is 19.1. The van der Waals surface area contributed by atoms with Crippen LogP contribution in [0.3, 0.4) is 0 Å². The predicted octanol–water partition coefficient (Wildman–Crippen LogP) is 3.69. The molecule has 2 aromatic rings. The van der Waals surface area contributed by atoms with Gasteiger partial charge in [-0.05, 0) is 37.7 Å². The lowest BCUT2D eigenvalue weighted by Gasteiger charge is -2.17. The summed E-state index contributed by atoms with van der Waals surface area (Å²) in [4.78, 5) is 0. The van der Waals surface area contributed by atoms with Crippen LogP contribution >= 0.6 is 0 Å². The van der Waals surface area contributed by atoms with E-state index in [1.807, 2.05) is 44.3 Å². The summed E-state index contributed by atoms with van der Waals surface area (Å²) in [6.45, 7) is 2.26. The SMILES string of the molecule is CNC(C)c1cccc(F)c1OCc1cccc(OC)c1. The van der Waals surface area contributed by atoms with Gasteiger partial charge in [-0.1, -0.05) is 24.3 Å². The van der Waals surface area contributed by atoms with Crippen molar-refractivity contribution in [3.05, 3.63) is 59.4 Å². The molecule has 0 fully saturated rings. The molecule has 1 unspecified atom stereocenters. The van der Waals surface area contributed by atoms with Crippen molar-refractivity contribution in [2.45, 2.75) is 19.6 Å². The van der Waals surface area contributed by atoms with Crippen LogP contribution in [0.25, 0.3) is 0 Å². The Morgan fingerprint density at radius 2 is 1.95 bits per heavy atom. The summed E-state index contributed by atoms with van der Waals surface area (Å²) in [7, 11) is 3.45. The van der Waals surface area contributed by atoms with Crippen LogP contribution in [0.2, 0.25) is 0 Å². The second-order valence-corrected chi connectivity index (χ2v) is 4.81. The average molecular weight is 289 g/mol. The highest BCUT2D eigenvalue weighted by molar-refractivity contribution is 5.37. The van der Waals surface area contributed by atoms with Gasteiger partial charge in [0, 0.05) is 11.6 Å². The lowest BCUT2D eigenvalue weighted by atomic mass is 10.1. The third-order valence-corrected chi connectivity index (χ3v) is 3.41. The molecule has 2 rings (SSSR count). The van der Waals surface area contributed by atoms with Gasteiger partial charge in [0.2, 0.25) is 0 Å². The molecule has 0 saturated carbocycles. The zero-order valence-electron chi connectivity index (χ0n) is 12.5. The van der Waals surface area contributed by atoms with Crippen molar-refractivity contribution < 1.29 is 13.9 Å². The Bertz CT molecular complexity index is 601. The Morgan fingerprint density at radius 3 is 2.67 bits per heavy atom. The van der Waals surface area contributed by atoms with Crippen LogP contribution < -0.4 is 14.8 Å². The molecule has 0 aromatic heterocycles. The van der Waals surface area contributed by atoms with E-state index in [9.17, 15) is 4.39 Å². The highest BCUT2D eigenvalue weighted by Gasteiger charge is 2.14. The maximum absolute atomic E-state index is 14.0. The van der Waals surface area contributed by atoms with Gasteiger partial charge in [-0.3, -0.25) is 0 Å². The minimum absolute atomic E-state index is 0.0148. The molecule has 4 heteroatoms. The van der Waals surface area contributed by atoms with Crippen LogP contribution in [-0.4, -0.2) is 14.2 Å². The molecule has 0 saturated heterocycles. The molecule has 0 aliphatic heterocycles. The predicted molar refractivity (Wildman–Crippen MR) is 81.2 cm³/mol. The molecular formula is C17H20FNO2. The van der Waals surface area contributed by atoms with Gasteiger partial charge in [-0.15, -0.1) is 0 Å². The number of methoxy groups -OCH3 is 1. The van der Waals surface area contributed by atoms with Gasteiger partial charge in [0.15, 0.2) is 11.6 Å². The third kappa shape index (κ3) is 3.73. The number of hydrogen-bond donors (Lipinski definition) is 1. The molecule has 1 N–H and O–H groups in total. The Kier molecular flexibility index (Phi) is 5.17. The van der Waals surface area contributed by atoms with Crippen molar-refractivity contribution in [1.82, 2.24) is 5.32 Å². The molecule has 0 heterocycles. The van der Waals surface area contributed by atoms with Gasteiger partial charge in [0.1, 0.15) is 12.4 Å². The van der Waals surface area contributed by atoms with Crippen LogP contribution in [-0.2, 0) is 6.61 Å². The van der Waals surface area contributed by atoms with E-state index in [-0.39, 0.29) is 11.9 Å². The topological polar surface area (TPSA) is 30.5 Å². The molecule has 2 aromatic carbocycles. The lowest BCUT2D eigenvalue weighted by molar-refractivity contribution is 0.283. The van der Waals surface area contributed by atoms with E-state index in [0.717, 1.165) is 16.9 Å². The monoisotopic (exact) mass is 289 g/mol. The molecule has 0 bridgehead atoms. The normalized spacial score (nSPS) is 12.0. The first-order chi connectivity index (χ1) is 10.2. The lowest BCUT2D eigenvalue weighted by Crippen LogP contribution is -2.14. The van der Waals surface area contributed by atoms with Crippen molar-refractivity contribution in [1.29, 1.82) is 0 Å². The van der Waals surface area contributed by atoms with Gasteiger partial charge in [-0.25, -0.2) is 4.39 Å². The molecule has 0 radical (unpaired) electrons. The molecule has 112 valence electrons. The number of ether oxygens (including phenoxy) is 2. The van der Waals surface area contributed by atoms with Crippen LogP contribution in [0.15, 0.2) is 42.5 Å². The summed E-state index contributed by atoms with van der Waals surface area (Å²) >= 11 is 0. The van der Waals surface area contributed by atoms with E-state index in [1.165, 1.54) is 6.07 Å². The number of rotatable bonds is 6. The molecule has 21 heavy (non-hydrogen) atoms. The number of para-hydroxylation sites is 1. The Hall–Kier alpha value is -2.07. The summed E-state index contributed by atoms with van der Waals surface area (Å²) in [5.41, 5.74) is 1.74.